The molecule has 14 nitrogen and oxygen atoms in total. The predicted molar refractivity (Wildman–Crippen MR) is 124 cm³/mol. The van der Waals surface area contributed by atoms with E-state index in [0.717, 1.165) is 18.7 Å². The maximum atomic E-state index is 12.4. The van der Waals surface area contributed by atoms with E-state index in [1.54, 1.807) is 4.57 Å². The first-order chi connectivity index (χ1) is 16.6. The Morgan fingerprint density at radius 1 is 1.17 bits per heavy atom. The van der Waals surface area contributed by atoms with E-state index in [0.29, 0.717) is 11.2 Å². The molecule has 0 saturated carbocycles. The van der Waals surface area contributed by atoms with Crippen molar-refractivity contribution in [3.63, 3.8) is 0 Å². The van der Waals surface area contributed by atoms with Gasteiger partial charge in [-0.1, -0.05) is 0 Å². The number of nitrogens with zero attached hydrogens (tertiary/aromatic N) is 4. The minimum atomic E-state index is -4.50. The zero-order valence-corrected chi connectivity index (χ0v) is 22.0. The van der Waals surface area contributed by atoms with E-state index in [2.05, 4.69) is 24.0 Å². The van der Waals surface area contributed by atoms with Crippen molar-refractivity contribution >= 4 is 52.0 Å². The Morgan fingerprint density at radius 2 is 1.89 bits per heavy atom. The van der Waals surface area contributed by atoms with Crippen LogP contribution in [0.5, 0.6) is 0 Å². The Hall–Kier alpha value is -1.73. The Labute approximate surface area is 206 Å². The number of hydrogen-bond acceptors (Lipinski definition) is 11. The molecule has 3 aromatic rings. The van der Waals surface area contributed by atoms with Gasteiger partial charge in [0.25, 0.3) is 0 Å². The van der Waals surface area contributed by atoms with E-state index in [4.69, 9.17) is 19.5 Å². The zero-order valence-electron chi connectivity index (χ0n) is 18.5. The second-order valence-electron chi connectivity index (χ2n) is 7.29. The summed E-state index contributed by atoms with van der Waals surface area (Å²) in [5, 5.41) is 0. The summed E-state index contributed by atoms with van der Waals surface area (Å²) in [7, 11) is -6.87. The van der Waals surface area contributed by atoms with Crippen molar-refractivity contribution in [2.24, 2.45) is 0 Å². The number of fused-ring (bicyclic) bond motifs is 1. The number of phosphoric ester groups is 2. The van der Waals surface area contributed by atoms with E-state index < -0.39 is 54.0 Å². The molecule has 17 heteroatoms. The molecule has 1 aliphatic heterocycles. The third kappa shape index (κ3) is 5.82. The maximum absolute atomic E-state index is 12.4. The van der Waals surface area contributed by atoms with Crippen LogP contribution in [-0.4, -0.2) is 75.7 Å². The van der Waals surface area contributed by atoms with Crippen LogP contribution in [0.4, 0.5) is 5.82 Å². The van der Waals surface area contributed by atoms with E-state index in [1.807, 2.05) is 30.3 Å². The van der Waals surface area contributed by atoms with Crippen LogP contribution in [0.25, 0.3) is 11.2 Å². The van der Waals surface area contributed by atoms with Gasteiger partial charge in [-0.05, 0) is 0 Å². The molecule has 1 aliphatic rings. The minimum absolute atomic E-state index is 0.0317. The molecular weight excluding hydrogens is 571 g/mol. The first kappa shape index (κ1) is 26.3. The number of imidazole rings is 1. The van der Waals surface area contributed by atoms with Gasteiger partial charge in [0.15, 0.2) is 0 Å². The molecular formula is C18H23N5O9P2Se. The number of ether oxygens (including phenoxy) is 1. The Balaban J connectivity index is 1.77. The summed E-state index contributed by atoms with van der Waals surface area (Å²) < 4.78 is 51.8. The first-order valence-corrected chi connectivity index (χ1v) is 14.7. The van der Waals surface area contributed by atoms with Gasteiger partial charge in [-0.25, -0.2) is 0 Å². The van der Waals surface area contributed by atoms with Gasteiger partial charge in [-0.2, -0.15) is 0 Å². The normalized spacial score (nSPS) is 25.9. The molecule has 2 unspecified atom stereocenters. The van der Waals surface area contributed by atoms with Crippen LogP contribution < -0.4 is 10.2 Å². The van der Waals surface area contributed by atoms with Crippen LogP contribution in [0.15, 0.2) is 43.0 Å². The Kier molecular flexibility index (Phi) is 7.77. The summed E-state index contributed by atoms with van der Waals surface area (Å²) in [6, 6.07) is 9.13. The monoisotopic (exact) mass is 595 g/mol. The van der Waals surface area contributed by atoms with Crippen molar-refractivity contribution in [2.75, 3.05) is 26.6 Å². The summed E-state index contributed by atoms with van der Waals surface area (Å²) in [6.07, 6.45) is 0.841. The summed E-state index contributed by atoms with van der Waals surface area (Å²) in [4.78, 5) is 32.4. The molecule has 190 valence electrons. The molecule has 35 heavy (non-hydrogen) atoms. The first-order valence-electron chi connectivity index (χ1n) is 10.0. The molecule has 3 heterocycles. The van der Waals surface area contributed by atoms with E-state index in [-0.39, 0.29) is 12.2 Å². The molecule has 0 aliphatic carbocycles. The molecule has 1 saturated heterocycles. The molecule has 0 radical (unpaired) electrons. The second kappa shape index (κ2) is 10.3. The molecule has 1 aromatic carbocycles. The Bertz CT molecular complexity index is 1280. The number of anilines is 1. The SMILES string of the molecule is COP(=O)(O)OC[C@]1([Se]c2ccccc2)O[C@@H](n2cnc3c(N)ncnc32)C[C@@H]1OP(=O)(O)OC. The van der Waals surface area contributed by atoms with E-state index in [1.165, 1.54) is 12.7 Å². The van der Waals surface area contributed by atoms with Gasteiger partial charge < -0.3 is 0 Å². The quantitative estimate of drug-likeness (QED) is 0.222. The molecule has 0 spiro atoms. The van der Waals surface area contributed by atoms with Gasteiger partial charge in [0.2, 0.25) is 0 Å². The van der Waals surface area contributed by atoms with Gasteiger partial charge in [0, 0.05) is 0 Å². The predicted octanol–water partition coefficient (Wildman–Crippen LogP) is 0.949. The third-order valence-electron chi connectivity index (χ3n) is 5.12. The summed E-state index contributed by atoms with van der Waals surface area (Å²) >= 11 is -0.653. The number of rotatable bonds is 10. The number of hydrogen-bond donors (Lipinski definition) is 3. The summed E-state index contributed by atoms with van der Waals surface area (Å²) in [5.74, 6) is 0.170. The van der Waals surface area contributed by atoms with Crippen LogP contribution in [0.1, 0.15) is 12.6 Å². The fourth-order valence-corrected chi connectivity index (χ4v) is 7.55. The Morgan fingerprint density at radius 3 is 2.57 bits per heavy atom. The summed E-state index contributed by atoms with van der Waals surface area (Å²) in [6.45, 7) is -0.488. The molecule has 0 amide bonds. The van der Waals surface area contributed by atoms with Crippen molar-refractivity contribution in [1.29, 1.82) is 0 Å². The zero-order chi connectivity index (χ0) is 25.3. The number of nitrogens with two attached hydrogens (primary N) is 1. The van der Waals surface area contributed by atoms with Crippen LogP contribution in [-0.2, 0) is 32.0 Å². The second-order valence-corrected chi connectivity index (χ2v) is 13.2. The van der Waals surface area contributed by atoms with Gasteiger partial charge >= 0.3 is 206 Å². The third-order valence-corrected chi connectivity index (χ3v) is 9.81. The van der Waals surface area contributed by atoms with Crippen molar-refractivity contribution in [1.82, 2.24) is 19.5 Å². The average Bonchev–Trinajstić information content (AvgIpc) is 3.41. The average molecular weight is 594 g/mol. The molecule has 4 N–H and O–H groups in total. The number of benzene rings is 1. The van der Waals surface area contributed by atoms with Crippen LogP contribution in [0, 0.1) is 0 Å². The topological polar surface area (TPSA) is 190 Å². The van der Waals surface area contributed by atoms with Crippen LogP contribution in [0.3, 0.4) is 0 Å². The van der Waals surface area contributed by atoms with Crippen LogP contribution >= 0.6 is 15.6 Å². The molecule has 4 rings (SSSR count). The van der Waals surface area contributed by atoms with Crippen molar-refractivity contribution in [3.05, 3.63) is 43.0 Å². The van der Waals surface area contributed by atoms with Gasteiger partial charge in [-0.3, -0.25) is 0 Å². The van der Waals surface area contributed by atoms with Crippen molar-refractivity contribution in [3.8, 4) is 0 Å². The number of nitrogen functional groups attached to an aromatic ring is 1. The fourth-order valence-electron chi connectivity index (χ4n) is 3.45. The molecule has 1 fully saturated rings. The van der Waals surface area contributed by atoms with Crippen LogP contribution in [0.2, 0.25) is 0 Å². The van der Waals surface area contributed by atoms with Gasteiger partial charge in [0.05, 0.1) is 0 Å². The van der Waals surface area contributed by atoms with E-state index >= 15 is 0 Å². The van der Waals surface area contributed by atoms with Crippen molar-refractivity contribution in [2.45, 2.75) is 23.3 Å². The molecule has 2 aromatic heterocycles. The van der Waals surface area contributed by atoms with Crippen molar-refractivity contribution < 1.29 is 41.7 Å². The number of aromatic nitrogens is 4. The van der Waals surface area contributed by atoms with E-state index in [9.17, 15) is 18.9 Å². The van der Waals surface area contributed by atoms with Gasteiger partial charge in [-0.15, -0.1) is 0 Å². The van der Waals surface area contributed by atoms with Gasteiger partial charge in [0.1, 0.15) is 0 Å². The fraction of sp³-hybridized carbons (Fsp3) is 0.389. The standard InChI is InChI=1S/C18H23N5O9P2Se/c1-28-33(24,25)30-9-18(35-12-6-4-3-5-7-12)13(32-34(26,27)29-2)8-14(31-18)23-11-22-15-16(19)20-10-21-17(15)23/h3-7,10-11,13-14H,8-9H2,1-2H3,(H,24,25)(H,26,27)(H2,19,20,21)/t13-,14+,18+/m0/s1. The molecule has 5 atom stereocenters. The molecule has 0 bridgehead atoms. The summed E-state index contributed by atoms with van der Waals surface area (Å²) in [5.41, 5.74) is 6.61. The number of phosphoric acid groups is 2.